The molecule has 9 heteroatoms. The van der Waals surface area contributed by atoms with Crippen LogP contribution in [0.5, 0.6) is 0 Å². The summed E-state index contributed by atoms with van der Waals surface area (Å²) < 4.78 is 29.9. The van der Waals surface area contributed by atoms with Crippen LogP contribution in [-0.2, 0) is 19.6 Å². The van der Waals surface area contributed by atoms with E-state index in [2.05, 4.69) is 4.74 Å². The first-order valence-electron chi connectivity index (χ1n) is 4.70. The predicted octanol–water partition coefficient (Wildman–Crippen LogP) is 0.286. The fourth-order valence-electron chi connectivity index (χ4n) is 1.02. The van der Waals surface area contributed by atoms with E-state index < -0.39 is 28.0 Å². The summed E-state index contributed by atoms with van der Waals surface area (Å²) in [5.41, 5.74) is 0. The number of aliphatic carboxylic acids is 1. The van der Waals surface area contributed by atoms with Crippen LogP contribution in [0, 0.1) is 0 Å². The first-order chi connectivity index (χ1) is 8.27. The van der Waals surface area contributed by atoms with Gasteiger partial charge in [-0.1, -0.05) is 0 Å². The number of methoxy groups -OCH3 is 1. The first-order valence-corrected chi connectivity index (χ1v) is 7.06. The lowest BCUT2D eigenvalue weighted by Crippen LogP contribution is -2.38. The fourth-order valence-corrected chi connectivity index (χ4v) is 3.41. The zero-order chi connectivity index (χ0) is 13.9. The van der Waals surface area contributed by atoms with Gasteiger partial charge in [0.25, 0.3) is 0 Å². The van der Waals surface area contributed by atoms with Gasteiger partial charge in [-0.25, -0.2) is 13.2 Å². The summed E-state index contributed by atoms with van der Waals surface area (Å²) in [5.74, 6) is -1.94. The normalized spacial score (nSPS) is 13.0. The molecule has 2 N–H and O–H groups in total. The predicted molar refractivity (Wildman–Crippen MR) is 63.1 cm³/mol. The van der Waals surface area contributed by atoms with Crippen LogP contribution in [0.3, 0.4) is 0 Å². The van der Waals surface area contributed by atoms with Gasteiger partial charge in [0.05, 0.1) is 12.0 Å². The number of carboxylic acid groups (broad SMARTS) is 1. The molecule has 0 spiro atoms. The molecule has 0 radical (unpaired) electrons. The summed E-state index contributed by atoms with van der Waals surface area (Å²) >= 11 is 0.903. The molecule has 1 heterocycles. The topological polar surface area (TPSA) is 110 Å². The Kier molecular flexibility index (Phi) is 4.43. The number of carbonyl (C=O) groups excluding carboxylic acids is 1. The highest BCUT2D eigenvalue weighted by molar-refractivity contribution is 7.89. The monoisotopic (exact) mass is 293 g/mol. The maximum absolute atomic E-state index is 11.8. The molecule has 1 atom stereocenters. The van der Waals surface area contributed by atoms with Crippen LogP contribution < -0.4 is 4.72 Å². The maximum Gasteiger partial charge on any atom is 0.348 e. The Morgan fingerprint density at radius 2 is 2.11 bits per heavy atom. The molecule has 1 unspecified atom stereocenters. The number of ether oxygens (including phenoxy) is 1. The standard InChI is InChI=1S/C9H11NO6S2/c1-5(8(11)12)10-18(14,15)6-3-7(17-4-6)9(13)16-2/h3-5,10H,1-2H3,(H,11,12). The molecule has 0 saturated heterocycles. The summed E-state index contributed by atoms with van der Waals surface area (Å²) in [5, 5.41) is 9.86. The smallest absolute Gasteiger partial charge is 0.348 e. The lowest BCUT2D eigenvalue weighted by atomic mass is 10.4. The average molecular weight is 293 g/mol. The van der Waals surface area contributed by atoms with Crippen LogP contribution in [0.25, 0.3) is 0 Å². The van der Waals surface area contributed by atoms with E-state index in [1.54, 1.807) is 0 Å². The molecule has 0 aliphatic rings. The molecule has 7 nitrogen and oxygen atoms in total. The molecular weight excluding hydrogens is 282 g/mol. The Balaban J connectivity index is 2.96. The number of esters is 1. The first kappa shape index (κ1) is 14.6. The van der Waals surface area contributed by atoms with Gasteiger partial charge in [-0.3, -0.25) is 4.79 Å². The Labute approximate surface area is 107 Å². The van der Waals surface area contributed by atoms with Crippen molar-refractivity contribution in [3.63, 3.8) is 0 Å². The molecule has 0 bridgehead atoms. The van der Waals surface area contributed by atoms with Crippen molar-refractivity contribution >= 4 is 33.3 Å². The van der Waals surface area contributed by atoms with Gasteiger partial charge in [-0.05, 0) is 13.0 Å². The van der Waals surface area contributed by atoms with E-state index in [0.717, 1.165) is 17.4 Å². The Bertz CT molecular complexity index is 561. The Hall–Kier alpha value is -1.45. The van der Waals surface area contributed by atoms with E-state index in [4.69, 9.17) is 5.11 Å². The van der Waals surface area contributed by atoms with Crippen LogP contribution in [0.1, 0.15) is 16.6 Å². The third kappa shape index (κ3) is 3.28. The second-order valence-electron chi connectivity index (χ2n) is 3.32. The molecular formula is C9H11NO6S2. The van der Waals surface area contributed by atoms with Crippen LogP contribution >= 0.6 is 11.3 Å². The average Bonchev–Trinajstić information content (AvgIpc) is 2.77. The molecule has 1 rings (SSSR count). The van der Waals surface area contributed by atoms with Gasteiger partial charge in [0, 0.05) is 5.38 Å². The quantitative estimate of drug-likeness (QED) is 0.755. The molecule has 1 aromatic rings. The highest BCUT2D eigenvalue weighted by Gasteiger charge is 2.23. The van der Waals surface area contributed by atoms with Crippen molar-refractivity contribution in [3.8, 4) is 0 Å². The van der Waals surface area contributed by atoms with Crippen molar-refractivity contribution in [3.05, 3.63) is 16.3 Å². The van der Waals surface area contributed by atoms with Crippen molar-refractivity contribution in [2.45, 2.75) is 17.9 Å². The van der Waals surface area contributed by atoms with Crippen molar-refractivity contribution in [1.82, 2.24) is 4.72 Å². The summed E-state index contributed by atoms with van der Waals surface area (Å²) in [6.07, 6.45) is 0. The summed E-state index contributed by atoms with van der Waals surface area (Å²) in [7, 11) is -2.77. The summed E-state index contributed by atoms with van der Waals surface area (Å²) in [6.45, 7) is 1.20. The molecule has 0 amide bonds. The summed E-state index contributed by atoms with van der Waals surface area (Å²) in [4.78, 5) is 21.7. The number of nitrogens with one attached hydrogen (secondary N) is 1. The number of hydrogen-bond acceptors (Lipinski definition) is 6. The highest BCUT2D eigenvalue weighted by atomic mass is 32.2. The number of hydrogen-bond donors (Lipinski definition) is 2. The van der Waals surface area contributed by atoms with E-state index in [1.807, 2.05) is 4.72 Å². The highest BCUT2D eigenvalue weighted by Crippen LogP contribution is 2.20. The molecule has 0 aliphatic carbocycles. The molecule has 0 aliphatic heterocycles. The second kappa shape index (κ2) is 5.46. The van der Waals surface area contributed by atoms with Crippen LogP contribution in [0.2, 0.25) is 0 Å². The molecule has 0 fully saturated rings. The number of rotatable bonds is 5. The number of carboxylic acids is 1. The van der Waals surface area contributed by atoms with Gasteiger partial charge in [0.1, 0.15) is 10.9 Å². The number of carbonyl (C=O) groups is 2. The minimum absolute atomic E-state index is 0.126. The third-order valence-corrected chi connectivity index (χ3v) is 4.55. The SMILES string of the molecule is COC(=O)c1cc(S(=O)(=O)NC(C)C(=O)O)cs1. The zero-order valence-corrected chi connectivity index (χ0v) is 11.2. The number of thiophene rings is 1. The zero-order valence-electron chi connectivity index (χ0n) is 9.54. The maximum atomic E-state index is 11.8. The van der Waals surface area contributed by atoms with Gasteiger partial charge < -0.3 is 9.84 Å². The van der Waals surface area contributed by atoms with Crippen molar-refractivity contribution in [1.29, 1.82) is 0 Å². The molecule has 18 heavy (non-hydrogen) atoms. The van der Waals surface area contributed by atoms with E-state index in [1.165, 1.54) is 19.4 Å². The van der Waals surface area contributed by atoms with Gasteiger partial charge in [-0.15, -0.1) is 11.3 Å². The van der Waals surface area contributed by atoms with Gasteiger partial charge >= 0.3 is 11.9 Å². The van der Waals surface area contributed by atoms with E-state index in [0.29, 0.717) is 0 Å². The lowest BCUT2D eigenvalue weighted by Gasteiger charge is -2.08. The molecule has 1 aromatic heterocycles. The van der Waals surface area contributed by atoms with E-state index in [9.17, 15) is 18.0 Å². The summed E-state index contributed by atoms with van der Waals surface area (Å²) in [6, 6.07) is -0.121. The Morgan fingerprint density at radius 3 is 2.61 bits per heavy atom. The van der Waals surface area contributed by atoms with Crippen LogP contribution in [0.4, 0.5) is 0 Å². The lowest BCUT2D eigenvalue weighted by molar-refractivity contribution is -0.138. The minimum atomic E-state index is -3.95. The van der Waals surface area contributed by atoms with Crippen molar-refractivity contribution < 1.29 is 27.9 Å². The number of sulfonamides is 1. The molecule has 0 saturated carbocycles. The minimum Gasteiger partial charge on any atom is -0.480 e. The van der Waals surface area contributed by atoms with Gasteiger partial charge in [-0.2, -0.15) is 4.72 Å². The van der Waals surface area contributed by atoms with E-state index >= 15 is 0 Å². The van der Waals surface area contributed by atoms with Gasteiger partial charge in [0.2, 0.25) is 10.0 Å². The second-order valence-corrected chi connectivity index (χ2v) is 5.94. The van der Waals surface area contributed by atoms with Gasteiger partial charge in [0.15, 0.2) is 0 Å². The van der Waals surface area contributed by atoms with Crippen molar-refractivity contribution in [2.24, 2.45) is 0 Å². The fraction of sp³-hybridized carbons (Fsp3) is 0.333. The van der Waals surface area contributed by atoms with E-state index in [-0.39, 0.29) is 9.77 Å². The van der Waals surface area contributed by atoms with Crippen LogP contribution in [-0.4, -0.2) is 38.6 Å². The van der Waals surface area contributed by atoms with Crippen molar-refractivity contribution in [2.75, 3.05) is 7.11 Å². The van der Waals surface area contributed by atoms with Crippen LogP contribution in [0.15, 0.2) is 16.3 Å². The largest absolute Gasteiger partial charge is 0.480 e. The molecule has 0 aromatic carbocycles. The Morgan fingerprint density at radius 1 is 1.50 bits per heavy atom. The molecule has 100 valence electrons. The third-order valence-electron chi connectivity index (χ3n) is 1.97.